The molecule has 8 nitrogen and oxygen atoms in total. The molecule has 0 unspecified atom stereocenters. The van der Waals surface area contributed by atoms with Gasteiger partial charge >= 0.3 is 5.97 Å². The second kappa shape index (κ2) is 5.91. The Morgan fingerprint density at radius 2 is 1.95 bits per heavy atom. The van der Waals surface area contributed by atoms with Crippen molar-refractivity contribution < 1.29 is 24.1 Å². The molecule has 1 rings (SSSR count). The summed E-state index contributed by atoms with van der Waals surface area (Å²) in [7, 11) is 3.77. The number of ether oxygens (including phenoxy) is 1. The molecule has 0 aliphatic heterocycles. The van der Waals surface area contributed by atoms with Crippen LogP contribution in [-0.4, -0.2) is 43.1 Å². The average molecular weight is 268 g/mol. The Morgan fingerprint density at radius 3 is 2.42 bits per heavy atom. The highest BCUT2D eigenvalue weighted by Crippen LogP contribution is 2.21. The molecule has 0 N–H and O–H groups in total. The predicted octanol–water partition coefficient (Wildman–Crippen LogP) is 1.01. The molecule has 1 amide bonds. The van der Waals surface area contributed by atoms with Crippen LogP contribution in [0.5, 0.6) is 0 Å². The van der Waals surface area contributed by atoms with E-state index < -0.39 is 22.5 Å². The van der Waals surface area contributed by atoms with Gasteiger partial charge in [0.1, 0.15) is 5.56 Å². The van der Waals surface area contributed by atoms with Gasteiger partial charge in [0.2, 0.25) is 0 Å². The van der Waals surface area contributed by atoms with E-state index in [0.717, 1.165) is 24.3 Å². The van der Waals surface area contributed by atoms with Crippen molar-refractivity contribution in [3.63, 3.8) is 0 Å². The van der Waals surface area contributed by atoms with E-state index >= 15 is 0 Å². The number of nitrogens with zero attached hydrogens (tertiary/aromatic N) is 2. The lowest BCUT2D eigenvalue weighted by molar-refractivity contribution is -0.385. The van der Waals surface area contributed by atoms with Crippen molar-refractivity contribution in [1.82, 2.24) is 5.06 Å². The Balaban J connectivity index is 3.30. The number of rotatable bonds is 4. The van der Waals surface area contributed by atoms with Gasteiger partial charge in [0, 0.05) is 18.7 Å². The van der Waals surface area contributed by atoms with Crippen molar-refractivity contribution in [1.29, 1.82) is 0 Å². The summed E-state index contributed by atoms with van der Waals surface area (Å²) in [5, 5.41) is 11.7. The first-order chi connectivity index (χ1) is 8.92. The van der Waals surface area contributed by atoms with Crippen molar-refractivity contribution in [2.24, 2.45) is 0 Å². The minimum Gasteiger partial charge on any atom is -0.465 e. The smallest absolute Gasteiger partial charge is 0.344 e. The van der Waals surface area contributed by atoms with E-state index in [-0.39, 0.29) is 11.1 Å². The van der Waals surface area contributed by atoms with Gasteiger partial charge in [-0.25, -0.2) is 9.86 Å². The third-order valence-corrected chi connectivity index (χ3v) is 2.41. The zero-order valence-corrected chi connectivity index (χ0v) is 10.6. The largest absolute Gasteiger partial charge is 0.465 e. The van der Waals surface area contributed by atoms with Crippen molar-refractivity contribution >= 4 is 17.6 Å². The van der Waals surface area contributed by atoms with Gasteiger partial charge in [-0.3, -0.25) is 19.7 Å². The van der Waals surface area contributed by atoms with E-state index in [9.17, 15) is 19.7 Å². The van der Waals surface area contributed by atoms with Gasteiger partial charge in [0.15, 0.2) is 0 Å². The first kappa shape index (κ1) is 14.6. The molecule has 1 aromatic carbocycles. The van der Waals surface area contributed by atoms with Gasteiger partial charge in [-0.1, -0.05) is 0 Å². The van der Waals surface area contributed by atoms with Crippen LogP contribution in [0, 0.1) is 10.1 Å². The van der Waals surface area contributed by atoms with Gasteiger partial charge in [0.25, 0.3) is 11.6 Å². The van der Waals surface area contributed by atoms with Crippen LogP contribution in [0.25, 0.3) is 0 Å². The van der Waals surface area contributed by atoms with E-state index in [0.29, 0.717) is 0 Å². The van der Waals surface area contributed by atoms with Crippen molar-refractivity contribution in [3.05, 3.63) is 39.4 Å². The normalized spacial score (nSPS) is 9.84. The molecule has 0 saturated carbocycles. The Hall–Kier alpha value is -2.48. The lowest BCUT2D eigenvalue weighted by atomic mass is 10.1. The third-order valence-electron chi connectivity index (χ3n) is 2.41. The van der Waals surface area contributed by atoms with Crippen LogP contribution in [0.4, 0.5) is 5.69 Å². The zero-order chi connectivity index (χ0) is 14.6. The molecule has 0 radical (unpaired) electrons. The van der Waals surface area contributed by atoms with E-state index in [1.807, 2.05) is 0 Å². The molecule has 8 heteroatoms. The fourth-order valence-corrected chi connectivity index (χ4v) is 1.37. The van der Waals surface area contributed by atoms with Crippen molar-refractivity contribution in [3.8, 4) is 0 Å². The number of carbonyl (C=O) groups is 2. The number of esters is 1. The minimum absolute atomic E-state index is 0.0790. The van der Waals surface area contributed by atoms with Crippen molar-refractivity contribution in [2.45, 2.75) is 0 Å². The maximum absolute atomic E-state index is 11.8. The lowest BCUT2D eigenvalue weighted by Gasteiger charge is -2.13. The molecule has 0 fully saturated rings. The Bertz CT molecular complexity index is 528. The zero-order valence-electron chi connectivity index (χ0n) is 10.6. The molecular weight excluding hydrogens is 256 g/mol. The van der Waals surface area contributed by atoms with Gasteiger partial charge in [0.05, 0.1) is 19.1 Å². The number of hydrogen-bond donors (Lipinski definition) is 0. The molecule has 0 aromatic heterocycles. The Kier molecular flexibility index (Phi) is 4.54. The number of hydroxylamine groups is 2. The summed E-state index contributed by atoms with van der Waals surface area (Å²) >= 11 is 0. The number of nitro benzene ring substituents is 1. The molecule has 0 bridgehead atoms. The van der Waals surface area contributed by atoms with E-state index in [1.54, 1.807) is 0 Å². The molecule has 19 heavy (non-hydrogen) atoms. The number of nitro groups is 1. The maximum atomic E-state index is 11.8. The first-order valence-electron chi connectivity index (χ1n) is 5.11. The van der Waals surface area contributed by atoms with E-state index in [2.05, 4.69) is 4.74 Å². The molecule has 0 aliphatic rings. The topological polar surface area (TPSA) is 99.0 Å². The van der Waals surface area contributed by atoms with Crippen LogP contribution in [0.3, 0.4) is 0 Å². The van der Waals surface area contributed by atoms with Gasteiger partial charge < -0.3 is 4.74 Å². The van der Waals surface area contributed by atoms with Crippen LogP contribution in [0.1, 0.15) is 20.7 Å². The molecule has 0 heterocycles. The van der Waals surface area contributed by atoms with Gasteiger partial charge in [-0.15, -0.1) is 0 Å². The van der Waals surface area contributed by atoms with Crippen LogP contribution >= 0.6 is 0 Å². The summed E-state index contributed by atoms with van der Waals surface area (Å²) in [6, 6.07) is 3.41. The predicted molar refractivity (Wildman–Crippen MR) is 63.5 cm³/mol. The van der Waals surface area contributed by atoms with Crippen LogP contribution in [0.2, 0.25) is 0 Å². The molecule has 0 spiro atoms. The third kappa shape index (κ3) is 3.05. The highest BCUT2D eigenvalue weighted by Gasteiger charge is 2.23. The Morgan fingerprint density at radius 1 is 1.32 bits per heavy atom. The Labute approximate surface area is 108 Å². The molecule has 1 aromatic rings. The number of benzene rings is 1. The van der Waals surface area contributed by atoms with E-state index in [1.165, 1.54) is 20.2 Å². The quantitative estimate of drug-likeness (QED) is 0.459. The van der Waals surface area contributed by atoms with Gasteiger partial charge in [-0.2, -0.15) is 0 Å². The second-order valence-electron chi connectivity index (χ2n) is 3.47. The lowest BCUT2D eigenvalue weighted by Crippen LogP contribution is -2.25. The van der Waals surface area contributed by atoms with Gasteiger partial charge in [-0.05, 0) is 12.1 Å². The minimum atomic E-state index is -0.888. The number of carbonyl (C=O) groups excluding carboxylic acids is 2. The summed E-state index contributed by atoms with van der Waals surface area (Å²) in [5.41, 5.74) is -0.637. The molecule has 0 saturated heterocycles. The molecular formula is C11H12N2O6. The van der Waals surface area contributed by atoms with Crippen LogP contribution in [0.15, 0.2) is 18.2 Å². The number of hydrogen-bond acceptors (Lipinski definition) is 6. The highest BCUT2D eigenvalue weighted by atomic mass is 16.7. The first-order valence-corrected chi connectivity index (χ1v) is 5.11. The average Bonchev–Trinajstić information content (AvgIpc) is 2.43. The standard InChI is InChI=1S/C11H12N2O6/c1-12(19-3)10(14)7-4-5-9(13(16)17)8(6-7)11(15)18-2/h4-6H,1-3H3. The molecule has 0 aliphatic carbocycles. The summed E-state index contributed by atoms with van der Waals surface area (Å²) < 4.78 is 4.45. The van der Waals surface area contributed by atoms with Crippen LogP contribution in [-0.2, 0) is 9.57 Å². The number of amides is 1. The summed E-state index contributed by atoms with van der Waals surface area (Å²) in [5.74, 6) is -1.43. The summed E-state index contributed by atoms with van der Waals surface area (Å²) in [6.45, 7) is 0. The van der Waals surface area contributed by atoms with E-state index in [4.69, 9.17) is 4.84 Å². The second-order valence-corrected chi connectivity index (χ2v) is 3.47. The summed E-state index contributed by atoms with van der Waals surface area (Å²) in [6.07, 6.45) is 0. The van der Waals surface area contributed by atoms with Crippen molar-refractivity contribution in [2.75, 3.05) is 21.3 Å². The number of methoxy groups -OCH3 is 1. The molecule has 0 atom stereocenters. The fourth-order valence-electron chi connectivity index (χ4n) is 1.37. The monoisotopic (exact) mass is 268 g/mol. The summed E-state index contributed by atoms with van der Waals surface area (Å²) in [4.78, 5) is 38.0. The van der Waals surface area contributed by atoms with Crippen LogP contribution < -0.4 is 0 Å². The SMILES string of the molecule is COC(=O)c1cc(C(=O)N(C)OC)ccc1[N+](=O)[O-]. The highest BCUT2D eigenvalue weighted by molar-refractivity contribution is 5.99. The fraction of sp³-hybridized carbons (Fsp3) is 0.273. The molecule has 102 valence electrons. The maximum Gasteiger partial charge on any atom is 0.344 e.